The van der Waals surface area contributed by atoms with E-state index in [2.05, 4.69) is 0 Å². The molecule has 0 saturated heterocycles. The summed E-state index contributed by atoms with van der Waals surface area (Å²) in [5, 5.41) is 67.8. The Hall–Kier alpha value is -1.14. The van der Waals surface area contributed by atoms with Crippen LogP contribution < -0.4 is 5.32 Å². The fourth-order valence-corrected chi connectivity index (χ4v) is 1.65. The van der Waals surface area contributed by atoms with Crippen molar-refractivity contribution in [1.29, 1.82) is 0 Å². The first kappa shape index (κ1) is 19.9. The zero-order valence-electron chi connectivity index (χ0n) is 11.3. The zero-order chi connectivity index (χ0) is 16.7. The van der Waals surface area contributed by atoms with Gasteiger partial charge < -0.3 is 45.9 Å². The van der Waals surface area contributed by atoms with Crippen molar-refractivity contribution in [1.82, 2.24) is 5.32 Å². The van der Waals surface area contributed by atoms with Gasteiger partial charge in [0.2, 0.25) is 5.91 Å². The molecule has 10 heteroatoms. The molecule has 7 unspecified atom stereocenters. The summed E-state index contributed by atoms with van der Waals surface area (Å²) in [6, 6.07) is -1.71. The second-order valence-corrected chi connectivity index (χ2v) is 4.57. The average molecular weight is 311 g/mol. The minimum absolute atomic E-state index is 0.0654. The van der Waals surface area contributed by atoms with E-state index < -0.39 is 55.2 Å². The molecule has 10 nitrogen and oxygen atoms in total. The maximum Gasteiger partial charge on any atom is 0.217 e. The lowest BCUT2D eigenvalue weighted by molar-refractivity contribution is -0.143. The Morgan fingerprint density at radius 3 is 1.86 bits per heavy atom. The van der Waals surface area contributed by atoms with Gasteiger partial charge in [-0.3, -0.25) is 4.79 Å². The third-order valence-electron chi connectivity index (χ3n) is 2.88. The fraction of sp³-hybridized carbons (Fsp3) is 0.818. The molecule has 21 heavy (non-hydrogen) atoms. The molecule has 8 N–H and O–H groups in total. The number of carbonyl (C=O) groups excluding carboxylic acids is 2. The Morgan fingerprint density at radius 1 is 1.00 bits per heavy atom. The zero-order valence-corrected chi connectivity index (χ0v) is 11.3. The van der Waals surface area contributed by atoms with Gasteiger partial charge in [0.25, 0.3) is 0 Å². The van der Waals surface area contributed by atoms with Gasteiger partial charge in [0.15, 0.2) is 6.29 Å². The van der Waals surface area contributed by atoms with Crippen LogP contribution in [0.25, 0.3) is 0 Å². The summed E-state index contributed by atoms with van der Waals surface area (Å²) in [4.78, 5) is 21.4. The van der Waals surface area contributed by atoms with E-state index in [1.165, 1.54) is 0 Å². The Bertz CT molecular complexity index is 340. The van der Waals surface area contributed by atoms with Gasteiger partial charge in [-0.25, -0.2) is 0 Å². The smallest absolute Gasteiger partial charge is 0.217 e. The van der Waals surface area contributed by atoms with Crippen molar-refractivity contribution in [2.75, 3.05) is 6.61 Å². The van der Waals surface area contributed by atoms with Gasteiger partial charge in [-0.1, -0.05) is 0 Å². The molecule has 0 saturated carbocycles. The van der Waals surface area contributed by atoms with Crippen molar-refractivity contribution in [2.24, 2.45) is 0 Å². The maximum atomic E-state index is 11.0. The number of carbonyl (C=O) groups is 2. The average Bonchev–Trinajstić information content (AvgIpc) is 2.47. The van der Waals surface area contributed by atoms with Crippen LogP contribution in [0.5, 0.6) is 0 Å². The van der Waals surface area contributed by atoms with Crippen LogP contribution in [-0.2, 0) is 9.59 Å². The SMILES string of the molecule is CC(=O)NC(C(O)C(O)C(O)C=O)C(O)C(O)C(O)CO. The van der Waals surface area contributed by atoms with Crippen molar-refractivity contribution in [3.63, 3.8) is 0 Å². The van der Waals surface area contributed by atoms with Crippen molar-refractivity contribution in [2.45, 2.75) is 49.6 Å². The lowest BCUT2D eigenvalue weighted by Crippen LogP contribution is -2.61. The van der Waals surface area contributed by atoms with Gasteiger partial charge in [0.05, 0.1) is 12.6 Å². The van der Waals surface area contributed by atoms with E-state index in [4.69, 9.17) is 10.2 Å². The van der Waals surface area contributed by atoms with Crippen LogP contribution in [0.1, 0.15) is 6.92 Å². The van der Waals surface area contributed by atoms with E-state index in [9.17, 15) is 35.1 Å². The summed E-state index contributed by atoms with van der Waals surface area (Å²) in [6.45, 7) is 0.116. The topological polar surface area (TPSA) is 188 Å². The molecule has 0 aliphatic carbocycles. The summed E-state index contributed by atoms with van der Waals surface area (Å²) in [7, 11) is 0. The number of hydrogen-bond acceptors (Lipinski definition) is 9. The van der Waals surface area contributed by atoms with E-state index in [0.29, 0.717) is 0 Å². The Balaban J connectivity index is 5.17. The van der Waals surface area contributed by atoms with Crippen LogP contribution in [0.2, 0.25) is 0 Å². The highest BCUT2D eigenvalue weighted by molar-refractivity contribution is 5.73. The molecule has 0 aromatic carbocycles. The highest BCUT2D eigenvalue weighted by atomic mass is 16.4. The largest absolute Gasteiger partial charge is 0.394 e. The minimum Gasteiger partial charge on any atom is -0.394 e. The number of aldehydes is 1. The standard InChI is InChI=1S/C11H21NO9/c1-4(15)12-7(10(20)8(18)5(16)2-13)11(21)9(19)6(17)3-14/h2,5-11,14,16-21H,3H2,1H3,(H,12,15). The van der Waals surface area contributed by atoms with Gasteiger partial charge >= 0.3 is 0 Å². The first-order chi connectivity index (χ1) is 9.67. The van der Waals surface area contributed by atoms with E-state index >= 15 is 0 Å². The quantitative estimate of drug-likeness (QED) is 0.192. The maximum absolute atomic E-state index is 11.0. The molecular weight excluding hydrogens is 290 g/mol. The predicted molar refractivity (Wildman–Crippen MR) is 66.8 cm³/mol. The number of nitrogens with one attached hydrogen (secondary N) is 1. The third kappa shape index (κ3) is 5.63. The Morgan fingerprint density at radius 2 is 1.48 bits per heavy atom. The van der Waals surface area contributed by atoms with Gasteiger partial charge in [0.1, 0.15) is 36.6 Å². The van der Waals surface area contributed by atoms with E-state index in [1.807, 2.05) is 5.32 Å². The number of amides is 1. The molecule has 0 bridgehead atoms. The molecule has 0 heterocycles. The molecule has 0 rings (SSSR count). The molecular formula is C11H21NO9. The lowest BCUT2D eigenvalue weighted by atomic mass is 9.92. The highest BCUT2D eigenvalue weighted by Gasteiger charge is 2.40. The van der Waals surface area contributed by atoms with Gasteiger partial charge in [0, 0.05) is 6.92 Å². The second kappa shape index (κ2) is 9.00. The van der Waals surface area contributed by atoms with Crippen molar-refractivity contribution < 1.29 is 45.3 Å². The fourth-order valence-electron chi connectivity index (χ4n) is 1.65. The Kier molecular flexibility index (Phi) is 8.51. The summed E-state index contributed by atoms with van der Waals surface area (Å²) < 4.78 is 0. The molecule has 124 valence electrons. The molecule has 0 aliphatic heterocycles. The van der Waals surface area contributed by atoms with E-state index in [1.54, 1.807) is 0 Å². The molecule has 0 aromatic heterocycles. The number of aliphatic hydroxyl groups is 7. The van der Waals surface area contributed by atoms with Crippen molar-refractivity contribution in [3.8, 4) is 0 Å². The first-order valence-electron chi connectivity index (χ1n) is 6.09. The number of aliphatic hydroxyl groups excluding tert-OH is 7. The summed E-state index contributed by atoms with van der Waals surface area (Å²) in [6.07, 6.45) is -11.8. The minimum atomic E-state index is -2.05. The lowest BCUT2D eigenvalue weighted by Gasteiger charge is -2.34. The summed E-state index contributed by atoms with van der Waals surface area (Å²) in [5.41, 5.74) is 0. The van der Waals surface area contributed by atoms with Crippen LogP contribution in [0.4, 0.5) is 0 Å². The van der Waals surface area contributed by atoms with E-state index in [0.717, 1.165) is 6.92 Å². The normalized spacial score (nSPS) is 21.5. The molecule has 0 aliphatic rings. The van der Waals surface area contributed by atoms with Crippen LogP contribution in [0, 0.1) is 0 Å². The molecule has 0 radical (unpaired) electrons. The van der Waals surface area contributed by atoms with Gasteiger partial charge in [-0.05, 0) is 0 Å². The predicted octanol–water partition coefficient (Wildman–Crippen LogP) is -5.15. The Labute approximate surface area is 120 Å². The second-order valence-electron chi connectivity index (χ2n) is 4.57. The van der Waals surface area contributed by atoms with Crippen molar-refractivity contribution in [3.05, 3.63) is 0 Å². The highest BCUT2D eigenvalue weighted by Crippen LogP contribution is 2.13. The third-order valence-corrected chi connectivity index (χ3v) is 2.88. The molecule has 0 spiro atoms. The first-order valence-corrected chi connectivity index (χ1v) is 6.09. The number of rotatable bonds is 9. The molecule has 0 fully saturated rings. The molecule has 1 amide bonds. The molecule has 0 aromatic rings. The van der Waals surface area contributed by atoms with Crippen LogP contribution in [-0.4, -0.2) is 97.2 Å². The van der Waals surface area contributed by atoms with Gasteiger partial charge in [-0.2, -0.15) is 0 Å². The summed E-state index contributed by atoms with van der Waals surface area (Å²) >= 11 is 0. The van der Waals surface area contributed by atoms with Crippen LogP contribution in [0.3, 0.4) is 0 Å². The number of hydrogen-bond donors (Lipinski definition) is 8. The van der Waals surface area contributed by atoms with Crippen LogP contribution in [0.15, 0.2) is 0 Å². The summed E-state index contributed by atoms with van der Waals surface area (Å²) in [5.74, 6) is -0.753. The molecule has 7 atom stereocenters. The van der Waals surface area contributed by atoms with Gasteiger partial charge in [-0.15, -0.1) is 0 Å². The van der Waals surface area contributed by atoms with Crippen molar-refractivity contribution >= 4 is 12.2 Å². The monoisotopic (exact) mass is 311 g/mol. The van der Waals surface area contributed by atoms with Crippen LogP contribution >= 0.6 is 0 Å². The van der Waals surface area contributed by atoms with E-state index in [-0.39, 0.29) is 6.29 Å².